The van der Waals surface area contributed by atoms with E-state index in [1.54, 1.807) is 10.9 Å². The standard InChI is InChI=1S/C12H13ClIN3O/c13-9-2-3-12(11(14)6-9)15-7-10(18)8-17-5-1-4-16-17/h1-6,10,15,18H,7-8H2. The number of aliphatic hydroxyl groups is 1. The summed E-state index contributed by atoms with van der Waals surface area (Å²) in [4.78, 5) is 0. The summed E-state index contributed by atoms with van der Waals surface area (Å²) >= 11 is 8.09. The third-order valence-corrected chi connectivity index (χ3v) is 3.54. The molecule has 1 unspecified atom stereocenters. The number of nitrogens with zero attached hydrogens (tertiary/aromatic N) is 2. The summed E-state index contributed by atoms with van der Waals surface area (Å²) in [6.45, 7) is 0.946. The molecule has 0 amide bonds. The van der Waals surface area contributed by atoms with E-state index in [9.17, 15) is 5.11 Å². The Morgan fingerprint density at radius 2 is 2.33 bits per heavy atom. The monoisotopic (exact) mass is 377 g/mol. The highest BCUT2D eigenvalue weighted by molar-refractivity contribution is 14.1. The summed E-state index contributed by atoms with van der Waals surface area (Å²) in [7, 11) is 0. The Kier molecular flexibility index (Phi) is 4.85. The van der Waals surface area contributed by atoms with Crippen LogP contribution >= 0.6 is 34.2 Å². The summed E-state index contributed by atoms with van der Waals surface area (Å²) < 4.78 is 2.74. The van der Waals surface area contributed by atoms with Crippen molar-refractivity contribution in [3.63, 3.8) is 0 Å². The van der Waals surface area contributed by atoms with Crippen LogP contribution in [0.15, 0.2) is 36.7 Å². The second kappa shape index (κ2) is 6.40. The van der Waals surface area contributed by atoms with Gasteiger partial charge in [-0.2, -0.15) is 5.10 Å². The van der Waals surface area contributed by atoms with E-state index in [0.29, 0.717) is 18.1 Å². The van der Waals surface area contributed by atoms with E-state index in [-0.39, 0.29) is 0 Å². The maximum Gasteiger partial charge on any atom is 0.0907 e. The highest BCUT2D eigenvalue weighted by Crippen LogP contribution is 2.22. The number of aliphatic hydroxyl groups excluding tert-OH is 1. The van der Waals surface area contributed by atoms with Crippen LogP contribution in [0.25, 0.3) is 0 Å². The van der Waals surface area contributed by atoms with Gasteiger partial charge in [-0.15, -0.1) is 0 Å². The van der Waals surface area contributed by atoms with Crippen LogP contribution in [0.5, 0.6) is 0 Å². The van der Waals surface area contributed by atoms with E-state index in [1.807, 2.05) is 30.5 Å². The van der Waals surface area contributed by atoms with Crippen molar-refractivity contribution in [2.75, 3.05) is 11.9 Å². The van der Waals surface area contributed by atoms with Crippen LogP contribution in [0.2, 0.25) is 5.02 Å². The Morgan fingerprint density at radius 1 is 1.50 bits per heavy atom. The van der Waals surface area contributed by atoms with Crippen LogP contribution in [0.4, 0.5) is 5.69 Å². The van der Waals surface area contributed by atoms with Crippen molar-refractivity contribution >= 4 is 39.9 Å². The van der Waals surface area contributed by atoms with Gasteiger partial charge in [-0.05, 0) is 46.9 Å². The molecule has 0 aliphatic rings. The molecule has 0 fully saturated rings. The highest BCUT2D eigenvalue weighted by atomic mass is 127. The fourth-order valence-electron chi connectivity index (χ4n) is 1.55. The molecule has 0 radical (unpaired) electrons. The number of anilines is 1. The summed E-state index contributed by atoms with van der Waals surface area (Å²) in [5.74, 6) is 0. The zero-order chi connectivity index (χ0) is 13.0. The lowest BCUT2D eigenvalue weighted by Gasteiger charge is -2.14. The Bertz CT molecular complexity index is 504. The van der Waals surface area contributed by atoms with E-state index in [2.05, 4.69) is 33.0 Å². The minimum atomic E-state index is -0.489. The SMILES string of the molecule is OC(CNc1ccc(Cl)cc1I)Cn1cccn1. The van der Waals surface area contributed by atoms with Gasteiger partial charge in [-0.25, -0.2) is 0 Å². The molecule has 0 aliphatic heterocycles. The Hall–Kier alpha value is -0.790. The fourth-order valence-corrected chi connectivity index (χ4v) is 2.61. The summed E-state index contributed by atoms with van der Waals surface area (Å²) in [6.07, 6.45) is 3.04. The van der Waals surface area contributed by atoms with Crippen molar-refractivity contribution in [2.45, 2.75) is 12.6 Å². The van der Waals surface area contributed by atoms with Crippen molar-refractivity contribution in [1.82, 2.24) is 9.78 Å². The maximum absolute atomic E-state index is 9.88. The fraction of sp³-hybridized carbons (Fsp3) is 0.250. The van der Waals surface area contributed by atoms with Crippen LogP contribution in [0.3, 0.4) is 0 Å². The van der Waals surface area contributed by atoms with Gasteiger partial charge in [0.1, 0.15) is 0 Å². The molecule has 96 valence electrons. The first-order valence-electron chi connectivity index (χ1n) is 5.49. The topological polar surface area (TPSA) is 50.1 Å². The van der Waals surface area contributed by atoms with Gasteiger partial charge in [0.2, 0.25) is 0 Å². The lowest BCUT2D eigenvalue weighted by Crippen LogP contribution is -2.25. The molecular formula is C12H13ClIN3O. The maximum atomic E-state index is 9.88. The molecule has 1 aromatic heterocycles. The number of nitrogens with one attached hydrogen (secondary N) is 1. The van der Waals surface area contributed by atoms with Gasteiger partial charge in [-0.3, -0.25) is 4.68 Å². The van der Waals surface area contributed by atoms with Crippen LogP contribution in [0, 0.1) is 3.57 Å². The Balaban J connectivity index is 1.87. The lowest BCUT2D eigenvalue weighted by molar-refractivity contribution is 0.161. The summed E-state index contributed by atoms with van der Waals surface area (Å²) in [6, 6.07) is 7.45. The molecule has 0 bridgehead atoms. The van der Waals surface area contributed by atoms with E-state index in [4.69, 9.17) is 11.6 Å². The molecule has 0 spiro atoms. The first-order chi connectivity index (χ1) is 8.65. The van der Waals surface area contributed by atoms with Crippen LogP contribution < -0.4 is 5.32 Å². The van der Waals surface area contributed by atoms with Gasteiger partial charge in [0.15, 0.2) is 0 Å². The molecule has 0 saturated carbocycles. The second-order valence-corrected chi connectivity index (χ2v) is 5.49. The second-order valence-electron chi connectivity index (χ2n) is 3.89. The van der Waals surface area contributed by atoms with Crippen molar-refractivity contribution in [2.24, 2.45) is 0 Å². The van der Waals surface area contributed by atoms with Gasteiger partial charge >= 0.3 is 0 Å². The number of aromatic nitrogens is 2. The third kappa shape index (κ3) is 3.86. The molecule has 18 heavy (non-hydrogen) atoms. The zero-order valence-electron chi connectivity index (χ0n) is 9.55. The van der Waals surface area contributed by atoms with Crippen LogP contribution in [-0.4, -0.2) is 27.5 Å². The highest BCUT2D eigenvalue weighted by Gasteiger charge is 2.06. The van der Waals surface area contributed by atoms with Crippen LogP contribution in [-0.2, 0) is 6.54 Å². The Morgan fingerprint density at radius 3 is 3.00 bits per heavy atom. The minimum Gasteiger partial charge on any atom is -0.389 e. The molecule has 1 aromatic carbocycles. The molecule has 1 atom stereocenters. The molecule has 2 N–H and O–H groups in total. The predicted octanol–water partition coefficient (Wildman–Crippen LogP) is 2.61. The summed E-state index contributed by atoms with van der Waals surface area (Å²) in [5.41, 5.74) is 0.972. The van der Waals surface area contributed by atoms with Crippen molar-refractivity contribution < 1.29 is 5.11 Å². The third-order valence-electron chi connectivity index (χ3n) is 2.42. The number of halogens is 2. The van der Waals surface area contributed by atoms with Gasteiger partial charge in [0.25, 0.3) is 0 Å². The molecule has 1 heterocycles. The normalized spacial score (nSPS) is 12.4. The minimum absolute atomic E-state index is 0.470. The number of benzene rings is 1. The number of rotatable bonds is 5. The molecular weight excluding hydrogens is 365 g/mol. The zero-order valence-corrected chi connectivity index (χ0v) is 12.5. The van der Waals surface area contributed by atoms with Crippen molar-refractivity contribution in [3.8, 4) is 0 Å². The van der Waals surface area contributed by atoms with E-state index in [0.717, 1.165) is 9.26 Å². The molecule has 4 nitrogen and oxygen atoms in total. The smallest absolute Gasteiger partial charge is 0.0907 e. The average molecular weight is 378 g/mol. The van der Waals surface area contributed by atoms with Gasteiger partial charge in [0.05, 0.1) is 12.6 Å². The lowest BCUT2D eigenvalue weighted by atomic mass is 10.3. The van der Waals surface area contributed by atoms with Gasteiger partial charge in [-0.1, -0.05) is 11.6 Å². The van der Waals surface area contributed by atoms with Crippen molar-refractivity contribution in [1.29, 1.82) is 0 Å². The van der Waals surface area contributed by atoms with E-state index < -0.39 is 6.10 Å². The number of hydrogen-bond donors (Lipinski definition) is 2. The molecule has 2 rings (SSSR count). The van der Waals surface area contributed by atoms with Gasteiger partial charge in [0, 0.05) is 33.2 Å². The molecule has 2 aromatic rings. The first kappa shape index (κ1) is 13.6. The largest absolute Gasteiger partial charge is 0.389 e. The van der Waals surface area contributed by atoms with Gasteiger partial charge < -0.3 is 10.4 Å². The molecule has 6 heteroatoms. The summed E-state index contributed by atoms with van der Waals surface area (Å²) in [5, 5.41) is 17.8. The average Bonchev–Trinajstić information content (AvgIpc) is 2.80. The number of hydrogen-bond acceptors (Lipinski definition) is 3. The van der Waals surface area contributed by atoms with Crippen LogP contribution in [0.1, 0.15) is 0 Å². The quantitative estimate of drug-likeness (QED) is 0.788. The van der Waals surface area contributed by atoms with Crippen molar-refractivity contribution in [3.05, 3.63) is 45.3 Å². The van der Waals surface area contributed by atoms with E-state index in [1.165, 1.54) is 0 Å². The Labute approximate surface area is 124 Å². The molecule has 0 saturated heterocycles. The first-order valence-corrected chi connectivity index (χ1v) is 6.95. The van der Waals surface area contributed by atoms with E-state index >= 15 is 0 Å². The predicted molar refractivity (Wildman–Crippen MR) is 80.9 cm³/mol. The molecule has 0 aliphatic carbocycles.